The Bertz CT molecular complexity index is 3050. The number of likely N-dealkylation sites (tertiary alicyclic amines) is 1. The van der Waals surface area contributed by atoms with Crippen molar-refractivity contribution in [3.05, 3.63) is 51.6 Å². The van der Waals surface area contributed by atoms with Crippen LogP contribution in [0.25, 0.3) is 0 Å². The van der Waals surface area contributed by atoms with E-state index in [1.54, 1.807) is 41.5 Å². The van der Waals surface area contributed by atoms with Gasteiger partial charge in [0.15, 0.2) is 17.9 Å². The second-order valence-corrected chi connectivity index (χ2v) is 25.2. The standard InChI is InChI=1S/C49H59N3O21S.C8H15NO4S/c1-21-38(56)26(13-33(71-21)72-29-16-49(67,31(54)18-53)15-25-35(29)42(60)37-36(40(25)58)39(57)24-7-6-8-28(68-5)34(24)41(37)59)50-46(65)70-20-69-45(64)23-11-9-22(10-12-23)17-52-32(55)14-30(43(52)61)74-19-27(44(62)63)51-47(66)73-48(2,3)4;1-8(2,3)13-7(12)9-5(4-14)6(10)11/h6-8,21-23,26-27,29-30,33,38,53,56,58,60,67H,9-20H2,1-5H3,(H,50,65)(H,51,66)(H,62,63);5,14H,4H2,1-3H3,(H,9,12)(H,10,11)/t21-,22?,23?,26-,27-,29-,30?,33-,38+,49-;5-/m00/s1. The molecule has 2 aromatic rings. The number of hydrogen-bond donors (Lipinski definition) is 11. The third kappa shape index (κ3) is 16.9. The lowest BCUT2D eigenvalue weighted by atomic mass is 9.72. The zero-order valence-electron chi connectivity index (χ0n) is 49.5. The monoisotopic (exact) mass is 1280 g/mol. The molecule has 2 aliphatic heterocycles. The van der Waals surface area contributed by atoms with E-state index < -0.39 is 185 Å². The van der Waals surface area contributed by atoms with E-state index in [9.17, 15) is 83.4 Å². The van der Waals surface area contributed by atoms with Crippen LogP contribution in [0.1, 0.15) is 142 Å². The van der Waals surface area contributed by atoms with Crippen molar-refractivity contribution >= 4 is 89.7 Å². The Morgan fingerprint density at radius 1 is 0.841 bits per heavy atom. The van der Waals surface area contributed by atoms with Crippen LogP contribution in [0.2, 0.25) is 0 Å². The average molecular weight is 1280 g/mol. The highest BCUT2D eigenvalue weighted by molar-refractivity contribution is 8.00. The topological polar surface area (TPSA) is 433 Å². The molecular weight excluding hydrogens is 1200 g/mol. The number of aliphatic hydroxyl groups is 3. The van der Waals surface area contributed by atoms with Gasteiger partial charge >= 0.3 is 36.2 Å². The number of nitrogens with zero attached hydrogens (tertiary/aromatic N) is 1. The molecule has 9 atom stereocenters. The van der Waals surface area contributed by atoms with Crippen LogP contribution in [0.15, 0.2) is 18.2 Å². The number of benzene rings is 2. The number of amides is 5. The predicted octanol–water partition coefficient (Wildman–Crippen LogP) is 2.81. The highest BCUT2D eigenvalue weighted by atomic mass is 32.2. The van der Waals surface area contributed by atoms with Gasteiger partial charge in [-0.1, -0.05) is 12.1 Å². The zero-order chi connectivity index (χ0) is 65.5. The van der Waals surface area contributed by atoms with Crippen molar-refractivity contribution in [2.75, 3.05) is 38.6 Å². The third-order valence-corrected chi connectivity index (χ3v) is 16.6. The summed E-state index contributed by atoms with van der Waals surface area (Å²) in [4.78, 5) is 140. The summed E-state index contributed by atoms with van der Waals surface area (Å²) in [5.74, 6) is -9.34. The molecule has 10 N–H and O–H groups in total. The number of esters is 1. The summed E-state index contributed by atoms with van der Waals surface area (Å²) in [7, 11) is 1.28. The number of imide groups is 1. The van der Waals surface area contributed by atoms with Crippen molar-refractivity contribution in [1.82, 2.24) is 20.9 Å². The first-order valence-corrected chi connectivity index (χ1v) is 29.6. The summed E-state index contributed by atoms with van der Waals surface area (Å²) in [6, 6.07) is 0.663. The molecule has 0 radical (unpaired) electrons. The van der Waals surface area contributed by atoms with E-state index in [0.29, 0.717) is 25.7 Å². The van der Waals surface area contributed by atoms with Gasteiger partial charge in [-0.15, -0.1) is 11.8 Å². The molecule has 29 nitrogen and oxygen atoms in total. The van der Waals surface area contributed by atoms with Gasteiger partial charge in [-0.2, -0.15) is 12.6 Å². The number of methoxy groups -OCH3 is 1. The minimum atomic E-state index is -2.42. The van der Waals surface area contributed by atoms with Crippen molar-refractivity contribution in [3.8, 4) is 17.2 Å². The summed E-state index contributed by atoms with van der Waals surface area (Å²) in [6.07, 6.45) is -8.44. The number of phenolic OH excluding ortho intramolecular Hbond substituents is 2. The van der Waals surface area contributed by atoms with Gasteiger partial charge in [-0.05, 0) is 86.1 Å². The number of ether oxygens (including phenoxy) is 7. The summed E-state index contributed by atoms with van der Waals surface area (Å²) in [6.45, 7) is 9.54. The van der Waals surface area contributed by atoms with Crippen molar-refractivity contribution in [1.29, 1.82) is 0 Å². The number of aliphatic hydroxyl groups excluding tert-OH is 2. The number of fused-ring (bicyclic) bond motifs is 3. The Kier molecular flexibility index (Phi) is 22.9. The molecule has 484 valence electrons. The van der Waals surface area contributed by atoms with Crippen molar-refractivity contribution < 1.29 is 122 Å². The van der Waals surface area contributed by atoms with Crippen LogP contribution in [0, 0.1) is 11.8 Å². The average Bonchev–Trinajstić information content (AvgIpc) is 0.841. The quantitative estimate of drug-likeness (QED) is 0.0205. The molecule has 88 heavy (non-hydrogen) atoms. The number of nitrogens with one attached hydrogen (secondary N) is 3. The molecule has 3 aliphatic carbocycles. The fraction of sp³-hybridized carbons (Fsp3) is 0.596. The molecule has 0 bridgehead atoms. The number of aliphatic carboxylic acids is 2. The van der Waals surface area contributed by atoms with Crippen molar-refractivity contribution in [2.45, 2.75) is 165 Å². The molecule has 5 aliphatic rings. The van der Waals surface area contributed by atoms with Gasteiger partial charge in [0.2, 0.25) is 24.4 Å². The number of aromatic hydroxyl groups is 2. The number of carbonyl (C=O) groups is 11. The summed E-state index contributed by atoms with van der Waals surface area (Å²) >= 11 is 4.74. The molecule has 3 fully saturated rings. The highest BCUT2D eigenvalue weighted by Gasteiger charge is 2.51. The normalized spacial score (nSPS) is 24.8. The molecule has 1 unspecified atom stereocenters. The van der Waals surface area contributed by atoms with Crippen LogP contribution in [0.5, 0.6) is 17.2 Å². The Morgan fingerprint density at radius 2 is 1.44 bits per heavy atom. The maximum Gasteiger partial charge on any atom is 0.410 e. The Hall–Kier alpha value is -7.29. The predicted molar refractivity (Wildman–Crippen MR) is 307 cm³/mol. The third-order valence-electron chi connectivity index (χ3n) is 14.9. The lowest BCUT2D eigenvalue weighted by Gasteiger charge is -2.42. The molecule has 5 amide bonds. The van der Waals surface area contributed by atoms with Gasteiger partial charge in [0, 0.05) is 60.4 Å². The van der Waals surface area contributed by atoms with Crippen LogP contribution in [-0.4, -0.2) is 203 Å². The first kappa shape index (κ1) is 69.8. The number of thiol groups is 1. The van der Waals surface area contributed by atoms with Gasteiger partial charge in [0.05, 0.1) is 53.2 Å². The number of Topliss-reactive ketones (excluding diaryl/α,β-unsaturated/α-hetero) is 1. The lowest BCUT2D eigenvalue weighted by Crippen LogP contribution is -2.56. The van der Waals surface area contributed by atoms with Crippen LogP contribution in [0.3, 0.4) is 0 Å². The minimum absolute atomic E-state index is 0.0168. The van der Waals surface area contributed by atoms with E-state index >= 15 is 0 Å². The number of phenols is 2. The minimum Gasteiger partial charge on any atom is -0.507 e. The summed E-state index contributed by atoms with van der Waals surface area (Å²) in [5.41, 5.74) is -5.98. The van der Waals surface area contributed by atoms with Crippen molar-refractivity contribution in [3.63, 3.8) is 0 Å². The second kappa shape index (κ2) is 28.9. The number of carboxylic acid groups (broad SMARTS) is 2. The fourth-order valence-corrected chi connectivity index (χ4v) is 12.0. The number of ketones is 3. The van der Waals surface area contributed by atoms with E-state index in [-0.39, 0.29) is 64.8 Å². The van der Waals surface area contributed by atoms with E-state index in [1.165, 1.54) is 32.2 Å². The molecule has 0 spiro atoms. The maximum absolute atomic E-state index is 14.0. The van der Waals surface area contributed by atoms with Gasteiger partial charge < -0.3 is 84.9 Å². The van der Waals surface area contributed by atoms with Gasteiger partial charge in [0.1, 0.15) is 58.8 Å². The molecule has 2 aromatic carbocycles. The molecule has 0 aromatic heterocycles. The lowest BCUT2D eigenvalue weighted by molar-refractivity contribution is -0.249. The number of carboxylic acids is 2. The maximum atomic E-state index is 14.0. The Morgan fingerprint density at radius 3 is 2.01 bits per heavy atom. The van der Waals surface area contributed by atoms with Gasteiger partial charge in [0.25, 0.3) is 0 Å². The highest BCUT2D eigenvalue weighted by Crippen LogP contribution is 2.53. The molecule has 2 saturated heterocycles. The van der Waals surface area contributed by atoms with Gasteiger partial charge in [-0.25, -0.2) is 24.0 Å². The summed E-state index contributed by atoms with van der Waals surface area (Å²) < 4.78 is 37.7. The Balaban J connectivity index is 0.000000783. The zero-order valence-corrected chi connectivity index (χ0v) is 51.2. The SMILES string of the molecule is CC(C)(C)OC(=O)N[C@@H](CS)C(=O)O.COc1cccc2c1C(=O)c1c(O)c3c(c(O)c1C2=O)C[C@@](O)(C(=O)CO)C[C@@H]3O[C@H]1C[C@H](NC(=O)OCOC(=O)C2CCC(CN3C(=O)CC(SC[C@H](NC(=O)OC(C)(C)C)C(=O)O)C3=O)CC2)[C@H](O)[C@H](C)O1. The number of alkyl carbamates (subject to hydrolysis) is 3. The first-order chi connectivity index (χ1) is 41.1. The van der Waals surface area contributed by atoms with Crippen LogP contribution < -0.4 is 20.7 Å². The van der Waals surface area contributed by atoms with Crippen LogP contribution in [-0.2, 0) is 63.6 Å². The summed E-state index contributed by atoms with van der Waals surface area (Å²) in [5, 5.41) is 80.2. The largest absolute Gasteiger partial charge is 0.507 e. The number of thioether (sulfide) groups is 1. The van der Waals surface area contributed by atoms with E-state index in [2.05, 4.69) is 28.6 Å². The molecule has 1 saturated carbocycles. The van der Waals surface area contributed by atoms with E-state index in [0.717, 1.165) is 16.7 Å². The van der Waals surface area contributed by atoms with E-state index in [1.807, 2.05) is 0 Å². The smallest absolute Gasteiger partial charge is 0.410 e. The molecule has 31 heteroatoms. The van der Waals surface area contributed by atoms with E-state index in [4.69, 9.17) is 38.3 Å². The number of rotatable bonds is 19. The second-order valence-electron chi connectivity index (χ2n) is 23.6. The Labute approximate surface area is 514 Å². The fourth-order valence-electron chi connectivity index (χ4n) is 10.6. The van der Waals surface area contributed by atoms with Crippen LogP contribution in [0.4, 0.5) is 14.4 Å². The molecule has 7 rings (SSSR count). The van der Waals surface area contributed by atoms with Crippen LogP contribution >= 0.6 is 24.4 Å². The number of hydrogen-bond acceptors (Lipinski definition) is 25. The first-order valence-electron chi connectivity index (χ1n) is 28.0. The number of carbonyl (C=O) groups excluding carboxylic acids is 9. The van der Waals surface area contributed by atoms with Crippen molar-refractivity contribution in [2.24, 2.45) is 11.8 Å². The molecular formula is C57H74N4O25S2. The van der Waals surface area contributed by atoms with Gasteiger partial charge in [-0.3, -0.25) is 33.7 Å². The molecule has 2 heterocycles.